The van der Waals surface area contributed by atoms with Crippen LogP contribution >= 0.6 is 0 Å². The lowest BCUT2D eigenvalue weighted by atomic mass is 9.99. The Bertz CT molecular complexity index is 389. The van der Waals surface area contributed by atoms with Gasteiger partial charge in [-0.1, -0.05) is 32.4 Å². The Morgan fingerprint density at radius 3 is 2.37 bits per heavy atom. The van der Waals surface area contributed by atoms with E-state index >= 15 is 0 Å². The number of rotatable bonds is 7. The van der Waals surface area contributed by atoms with E-state index in [1.165, 1.54) is 7.11 Å². The first-order valence-electron chi connectivity index (χ1n) is 6.56. The molecule has 0 bridgehead atoms. The molecule has 106 valence electrons. The standard InChI is InChI=1S/C15H23NO3/c1-5-11(2)14(15(17)19-4)16-10-12-6-8-13(18-3)9-7-12/h6-9,11,14,16H,5,10H2,1-4H3. The Morgan fingerprint density at radius 2 is 1.89 bits per heavy atom. The number of hydrogen-bond acceptors (Lipinski definition) is 4. The van der Waals surface area contributed by atoms with Crippen molar-refractivity contribution in [3.8, 4) is 5.75 Å². The summed E-state index contributed by atoms with van der Waals surface area (Å²) in [5.74, 6) is 0.865. The van der Waals surface area contributed by atoms with Crippen LogP contribution in [0.3, 0.4) is 0 Å². The monoisotopic (exact) mass is 265 g/mol. The normalized spacial score (nSPS) is 13.7. The molecule has 19 heavy (non-hydrogen) atoms. The lowest BCUT2D eigenvalue weighted by molar-refractivity contribution is -0.144. The van der Waals surface area contributed by atoms with Crippen molar-refractivity contribution in [1.82, 2.24) is 5.32 Å². The van der Waals surface area contributed by atoms with Crippen molar-refractivity contribution in [2.24, 2.45) is 5.92 Å². The zero-order chi connectivity index (χ0) is 14.3. The summed E-state index contributed by atoms with van der Waals surface area (Å²) in [6.45, 7) is 4.74. The molecule has 0 saturated heterocycles. The van der Waals surface area contributed by atoms with Crippen LogP contribution in [0, 0.1) is 5.92 Å². The summed E-state index contributed by atoms with van der Waals surface area (Å²) in [6, 6.07) is 7.52. The fourth-order valence-electron chi connectivity index (χ4n) is 1.85. The van der Waals surface area contributed by atoms with Gasteiger partial charge in [-0.3, -0.25) is 4.79 Å². The van der Waals surface area contributed by atoms with E-state index in [2.05, 4.69) is 12.2 Å². The van der Waals surface area contributed by atoms with Crippen LogP contribution in [-0.4, -0.2) is 26.2 Å². The molecule has 0 aliphatic carbocycles. The molecule has 1 rings (SSSR count). The summed E-state index contributed by atoms with van der Waals surface area (Å²) in [5.41, 5.74) is 1.11. The van der Waals surface area contributed by atoms with Gasteiger partial charge in [0.25, 0.3) is 0 Å². The third-order valence-corrected chi connectivity index (χ3v) is 3.35. The van der Waals surface area contributed by atoms with E-state index in [-0.39, 0.29) is 17.9 Å². The first-order chi connectivity index (χ1) is 9.12. The summed E-state index contributed by atoms with van der Waals surface area (Å²) in [6.07, 6.45) is 0.926. The van der Waals surface area contributed by atoms with Crippen molar-refractivity contribution in [2.75, 3.05) is 14.2 Å². The van der Waals surface area contributed by atoms with E-state index in [0.29, 0.717) is 6.54 Å². The summed E-state index contributed by atoms with van der Waals surface area (Å²) < 4.78 is 9.95. The topological polar surface area (TPSA) is 47.6 Å². The molecule has 0 amide bonds. The fraction of sp³-hybridized carbons (Fsp3) is 0.533. The summed E-state index contributed by atoms with van der Waals surface area (Å²) in [7, 11) is 3.07. The zero-order valence-electron chi connectivity index (χ0n) is 12.1. The summed E-state index contributed by atoms with van der Waals surface area (Å²) in [4.78, 5) is 11.7. The quantitative estimate of drug-likeness (QED) is 0.769. The third kappa shape index (κ3) is 4.56. The Labute approximate surface area is 115 Å². The first-order valence-corrected chi connectivity index (χ1v) is 6.56. The van der Waals surface area contributed by atoms with E-state index in [9.17, 15) is 4.79 Å². The highest BCUT2D eigenvalue weighted by molar-refractivity contribution is 5.75. The van der Waals surface area contributed by atoms with Crippen LogP contribution in [-0.2, 0) is 16.1 Å². The molecule has 1 aromatic rings. The Morgan fingerprint density at radius 1 is 1.26 bits per heavy atom. The van der Waals surface area contributed by atoms with Crippen LogP contribution in [0.2, 0.25) is 0 Å². The molecule has 4 nitrogen and oxygen atoms in total. The molecule has 4 heteroatoms. The lowest BCUT2D eigenvalue weighted by Crippen LogP contribution is -2.42. The maximum absolute atomic E-state index is 11.7. The van der Waals surface area contributed by atoms with Crippen molar-refractivity contribution in [1.29, 1.82) is 0 Å². The van der Waals surface area contributed by atoms with Gasteiger partial charge in [0.1, 0.15) is 11.8 Å². The van der Waals surface area contributed by atoms with Crippen LogP contribution in [0.15, 0.2) is 24.3 Å². The average molecular weight is 265 g/mol. The van der Waals surface area contributed by atoms with Crippen molar-refractivity contribution in [3.63, 3.8) is 0 Å². The SMILES string of the molecule is CCC(C)C(NCc1ccc(OC)cc1)C(=O)OC. The molecule has 1 N–H and O–H groups in total. The van der Waals surface area contributed by atoms with E-state index < -0.39 is 0 Å². The van der Waals surface area contributed by atoms with Gasteiger partial charge in [0, 0.05) is 6.54 Å². The van der Waals surface area contributed by atoms with Gasteiger partial charge in [-0.15, -0.1) is 0 Å². The molecule has 0 aromatic heterocycles. The van der Waals surface area contributed by atoms with Crippen LogP contribution in [0.4, 0.5) is 0 Å². The zero-order valence-corrected chi connectivity index (χ0v) is 12.1. The summed E-state index contributed by atoms with van der Waals surface area (Å²) in [5, 5.41) is 3.26. The highest BCUT2D eigenvalue weighted by Crippen LogP contribution is 2.13. The minimum absolute atomic E-state index is 0.206. The number of esters is 1. The van der Waals surface area contributed by atoms with Gasteiger partial charge in [-0.05, 0) is 23.6 Å². The number of ether oxygens (including phenoxy) is 2. The van der Waals surface area contributed by atoms with E-state index in [4.69, 9.17) is 9.47 Å². The molecule has 0 fully saturated rings. The van der Waals surface area contributed by atoms with Crippen molar-refractivity contribution >= 4 is 5.97 Å². The smallest absolute Gasteiger partial charge is 0.323 e. The van der Waals surface area contributed by atoms with Gasteiger partial charge in [0.15, 0.2) is 0 Å². The number of hydrogen-bond donors (Lipinski definition) is 1. The van der Waals surface area contributed by atoms with Gasteiger partial charge >= 0.3 is 5.97 Å². The molecule has 0 heterocycles. The molecule has 0 aliphatic heterocycles. The maximum atomic E-state index is 11.7. The Balaban J connectivity index is 2.62. The van der Waals surface area contributed by atoms with Gasteiger partial charge in [-0.25, -0.2) is 0 Å². The number of benzene rings is 1. The van der Waals surface area contributed by atoms with Gasteiger partial charge in [0.05, 0.1) is 14.2 Å². The van der Waals surface area contributed by atoms with Gasteiger partial charge in [-0.2, -0.15) is 0 Å². The third-order valence-electron chi connectivity index (χ3n) is 3.35. The van der Waals surface area contributed by atoms with Crippen LogP contribution in [0.1, 0.15) is 25.8 Å². The number of carbonyl (C=O) groups is 1. The van der Waals surface area contributed by atoms with E-state index in [1.54, 1.807) is 7.11 Å². The Hall–Kier alpha value is -1.55. The van der Waals surface area contributed by atoms with Gasteiger partial charge < -0.3 is 14.8 Å². The lowest BCUT2D eigenvalue weighted by Gasteiger charge is -2.22. The Kier molecular flexibility index (Phi) is 6.36. The van der Waals surface area contributed by atoms with Crippen molar-refractivity contribution < 1.29 is 14.3 Å². The molecular weight excluding hydrogens is 242 g/mol. The second-order valence-corrected chi connectivity index (χ2v) is 4.62. The predicted octanol–water partition coefficient (Wildman–Crippen LogP) is 2.37. The first kappa shape index (κ1) is 15.5. The molecule has 1 aromatic carbocycles. The fourth-order valence-corrected chi connectivity index (χ4v) is 1.85. The molecule has 0 aliphatic rings. The van der Waals surface area contributed by atoms with E-state index in [1.807, 2.05) is 31.2 Å². The number of methoxy groups -OCH3 is 2. The second kappa shape index (κ2) is 7.79. The van der Waals surface area contributed by atoms with Gasteiger partial charge in [0.2, 0.25) is 0 Å². The molecule has 0 radical (unpaired) electrons. The van der Waals surface area contributed by atoms with Crippen molar-refractivity contribution in [3.05, 3.63) is 29.8 Å². The summed E-state index contributed by atoms with van der Waals surface area (Å²) >= 11 is 0. The molecule has 0 saturated carbocycles. The minimum atomic E-state index is -0.267. The van der Waals surface area contributed by atoms with E-state index in [0.717, 1.165) is 17.7 Å². The van der Waals surface area contributed by atoms with Crippen LogP contribution < -0.4 is 10.1 Å². The minimum Gasteiger partial charge on any atom is -0.497 e. The molecule has 0 spiro atoms. The number of carbonyl (C=O) groups excluding carboxylic acids is 1. The van der Waals surface area contributed by atoms with Crippen LogP contribution in [0.5, 0.6) is 5.75 Å². The second-order valence-electron chi connectivity index (χ2n) is 4.62. The highest BCUT2D eigenvalue weighted by Gasteiger charge is 2.23. The predicted molar refractivity (Wildman–Crippen MR) is 75.1 cm³/mol. The number of nitrogens with one attached hydrogen (secondary N) is 1. The molecular formula is C15H23NO3. The maximum Gasteiger partial charge on any atom is 0.323 e. The average Bonchev–Trinajstić information content (AvgIpc) is 2.47. The molecule has 2 atom stereocenters. The molecule has 2 unspecified atom stereocenters. The van der Waals surface area contributed by atoms with Crippen LogP contribution in [0.25, 0.3) is 0 Å². The van der Waals surface area contributed by atoms with Crippen molar-refractivity contribution in [2.45, 2.75) is 32.9 Å². The highest BCUT2D eigenvalue weighted by atomic mass is 16.5. The largest absolute Gasteiger partial charge is 0.497 e.